The fourth-order valence-corrected chi connectivity index (χ4v) is 3.54. The van der Waals surface area contributed by atoms with Crippen LogP contribution in [0.15, 0.2) is 48.5 Å². The van der Waals surface area contributed by atoms with E-state index in [-0.39, 0.29) is 0 Å². The van der Waals surface area contributed by atoms with Crippen LogP contribution in [0.25, 0.3) is 0 Å². The highest BCUT2D eigenvalue weighted by Gasteiger charge is 2.30. The maximum Gasteiger partial charge on any atom is 0.150 e. The Kier molecular flexibility index (Phi) is 4.77. The van der Waals surface area contributed by atoms with E-state index in [9.17, 15) is 14.7 Å². The molecule has 0 spiro atoms. The van der Waals surface area contributed by atoms with Crippen molar-refractivity contribution in [3.63, 3.8) is 0 Å². The third-order valence-corrected chi connectivity index (χ3v) is 4.90. The molecule has 2 unspecified atom stereocenters. The second-order valence-electron chi connectivity index (χ2n) is 4.60. The lowest BCUT2D eigenvalue weighted by Gasteiger charge is -2.17. The number of hydrogen-bond donors (Lipinski definition) is 2. The monoisotopic (exact) mass is 310 g/mol. The van der Waals surface area contributed by atoms with Crippen LogP contribution < -0.4 is 11.5 Å². The van der Waals surface area contributed by atoms with Crippen LogP contribution >= 0.6 is 0 Å². The van der Waals surface area contributed by atoms with Crippen molar-refractivity contribution in [1.82, 2.24) is 0 Å². The Morgan fingerprint density at radius 3 is 1.50 bits per heavy atom. The van der Waals surface area contributed by atoms with Crippen LogP contribution in [0, 0.1) is 22.7 Å². The van der Waals surface area contributed by atoms with E-state index >= 15 is 0 Å². The maximum absolute atomic E-state index is 12.8. The number of nitriles is 2. The zero-order valence-corrected chi connectivity index (χ0v) is 12.5. The summed E-state index contributed by atoms with van der Waals surface area (Å²) in [5.74, 6) is 0. The van der Waals surface area contributed by atoms with Gasteiger partial charge < -0.3 is 11.5 Å². The average molecular weight is 310 g/mol. The van der Waals surface area contributed by atoms with Crippen molar-refractivity contribution in [3.8, 4) is 12.1 Å². The number of nitrogen functional groups attached to an aromatic ring is 2. The van der Waals surface area contributed by atoms with Crippen LogP contribution in [-0.2, 0) is 10.8 Å². The van der Waals surface area contributed by atoms with Crippen LogP contribution in [0.2, 0.25) is 0 Å². The smallest absolute Gasteiger partial charge is 0.150 e. The van der Waals surface area contributed by atoms with Crippen LogP contribution in [0.3, 0.4) is 0 Å². The Labute approximate surface area is 131 Å². The molecule has 0 heterocycles. The van der Waals surface area contributed by atoms with E-state index in [1.165, 1.54) is 0 Å². The van der Waals surface area contributed by atoms with Crippen molar-refractivity contribution in [2.45, 2.75) is 10.5 Å². The van der Waals surface area contributed by atoms with Crippen molar-refractivity contribution in [2.24, 2.45) is 0 Å². The number of rotatable bonds is 4. The highest BCUT2D eigenvalue weighted by atomic mass is 32.2. The van der Waals surface area contributed by atoms with Gasteiger partial charge in [0.05, 0.1) is 22.9 Å². The predicted molar refractivity (Wildman–Crippen MR) is 86.6 cm³/mol. The fraction of sp³-hybridized carbons (Fsp3) is 0.125. The summed E-state index contributed by atoms with van der Waals surface area (Å²) in [5, 5.41) is 16.8. The summed E-state index contributed by atoms with van der Waals surface area (Å²) < 4.78 is 12.8. The Hall–Kier alpha value is -2.83. The summed E-state index contributed by atoms with van der Waals surface area (Å²) in [6.07, 6.45) is 0. The Morgan fingerprint density at radius 2 is 1.18 bits per heavy atom. The fourth-order valence-electron chi connectivity index (χ4n) is 2.13. The van der Waals surface area contributed by atoms with Crippen LogP contribution in [0.4, 0.5) is 11.4 Å². The van der Waals surface area contributed by atoms with Gasteiger partial charge in [0.1, 0.15) is 10.5 Å². The molecule has 0 aromatic heterocycles. The molecule has 0 bridgehead atoms. The van der Waals surface area contributed by atoms with Gasteiger partial charge in [-0.25, -0.2) is 0 Å². The van der Waals surface area contributed by atoms with Crippen LogP contribution in [0.1, 0.15) is 21.6 Å². The van der Waals surface area contributed by atoms with E-state index in [0.29, 0.717) is 22.5 Å². The molecule has 2 aromatic rings. The van der Waals surface area contributed by atoms with E-state index in [1.54, 1.807) is 48.5 Å². The minimum Gasteiger partial charge on any atom is -0.398 e. The number of benzene rings is 2. The van der Waals surface area contributed by atoms with Gasteiger partial charge in [0.25, 0.3) is 0 Å². The number of nitrogens with zero attached hydrogens (tertiary/aromatic N) is 2. The first-order chi connectivity index (χ1) is 10.6. The summed E-state index contributed by atoms with van der Waals surface area (Å²) in [6, 6.07) is 17.4. The summed E-state index contributed by atoms with van der Waals surface area (Å²) in [5.41, 5.74) is 13.4. The SMILES string of the molecule is N#CC(c1ccccc1N)S(=O)C(C#N)c1ccccc1N. The van der Waals surface area contributed by atoms with Crippen molar-refractivity contribution >= 4 is 22.2 Å². The number of anilines is 2. The summed E-state index contributed by atoms with van der Waals surface area (Å²) >= 11 is 0. The summed E-state index contributed by atoms with van der Waals surface area (Å²) in [6.45, 7) is 0. The topological polar surface area (TPSA) is 117 Å². The van der Waals surface area contributed by atoms with E-state index in [0.717, 1.165) is 0 Å². The van der Waals surface area contributed by atoms with Gasteiger partial charge in [0.15, 0.2) is 0 Å². The zero-order valence-electron chi connectivity index (χ0n) is 11.6. The average Bonchev–Trinajstić information content (AvgIpc) is 2.52. The van der Waals surface area contributed by atoms with Crippen molar-refractivity contribution in [2.75, 3.05) is 11.5 Å². The first kappa shape index (κ1) is 15.6. The second-order valence-corrected chi connectivity index (χ2v) is 6.20. The van der Waals surface area contributed by atoms with E-state index in [1.807, 2.05) is 12.1 Å². The summed E-state index contributed by atoms with van der Waals surface area (Å²) in [4.78, 5) is 0. The molecule has 0 saturated heterocycles. The molecular weight excluding hydrogens is 296 g/mol. The molecule has 110 valence electrons. The van der Waals surface area contributed by atoms with Gasteiger partial charge in [0.2, 0.25) is 0 Å². The zero-order chi connectivity index (χ0) is 16.1. The molecule has 0 aliphatic carbocycles. The van der Waals surface area contributed by atoms with E-state index in [2.05, 4.69) is 0 Å². The highest BCUT2D eigenvalue weighted by Crippen LogP contribution is 2.34. The second kappa shape index (κ2) is 6.75. The normalized spacial score (nSPS) is 14.3. The molecule has 5 nitrogen and oxygen atoms in total. The molecule has 22 heavy (non-hydrogen) atoms. The molecule has 0 fully saturated rings. The van der Waals surface area contributed by atoms with Gasteiger partial charge in [-0.15, -0.1) is 0 Å². The quantitative estimate of drug-likeness (QED) is 0.841. The molecule has 0 radical (unpaired) electrons. The lowest BCUT2D eigenvalue weighted by Crippen LogP contribution is -2.15. The van der Waals surface area contributed by atoms with Gasteiger partial charge >= 0.3 is 0 Å². The molecule has 4 N–H and O–H groups in total. The van der Waals surface area contributed by atoms with Crippen molar-refractivity contribution in [3.05, 3.63) is 59.7 Å². The molecule has 2 atom stereocenters. The first-order valence-corrected chi connectivity index (χ1v) is 7.75. The molecular formula is C16H14N4OS. The maximum atomic E-state index is 12.8. The Bertz CT molecular complexity index is 726. The predicted octanol–water partition coefficient (Wildman–Crippen LogP) is 2.43. The number of hydrogen-bond acceptors (Lipinski definition) is 5. The van der Waals surface area contributed by atoms with Crippen LogP contribution in [-0.4, -0.2) is 4.21 Å². The minimum atomic E-state index is -1.80. The molecule has 2 rings (SSSR count). The number of para-hydroxylation sites is 2. The van der Waals surface area contributed by atoms with Crippen molar-refractivity contribution in [1.29, 1.82) is 10.5 Å². The van der Waals surface area contributed by atoms with Crippen molar-refractivity contribution < 1.29 is 4.21 Å². The molecule has 6 heteroatoms. The lowest BCUT2D eigenvalue weighted by molar-refractivity contribution is 0.676. The van der Waals surface area contributed by atoms with Crippen LogP contribution in [0.5, 0.6) is 0 Å². The van der Waals surface area contributed by atoms with Gasteiger partial charge in [-0.2, -0.15) is 10.5 Å². The number of nitrogens with two attached hydrogens (primary N) is 2. The third kappa shape index (κ3) is 2.93. The highest BCUT2D eigenvalue weighted by molar-refractivity contribution is 7.86. The Morgan fingerprint density at radius 1 is 0.818 bits per heavy atom. The summed E-state index contributed by atoms with van der Waals surface area (Å²) in [7, 11) is -1.80. The molecule has 0 aliphatic heterocycles. The molecule has 2 aromatic carbocycles. The first-order valence-electron chi connectivity index (χ1n) is 6.47. The minimum absolute atomic E-state index is 0.375. The van der Waals surface area contributed by atoms with Gasteiger partial charge in [0, 0.05) is 22.5 Å². The van der Waals surface area contributed by atoms with E-state index in [4.69, 9.17) is 11.5 Å². The lowest BCUT2D eigenvalue weighted by atomic mass is 10.1. The standard InChI is InChI=1S/C16H14N4OS/c17-9-15(11-5-1-3-7-13(11)19)22(21)16(10-18)12-6-2-4-8-14(12)20/h1-8,15-16H,19-20H2. The molecule has 0 saturated carbocycles. The largest absolute Gasteiger partial charge is 0.398 e. The Balaban J connectivity index is 2.45. The molecule has 0 aliphatic rings. The van der Waals surface area contributed by atoms with Gasteiger partial charge in [-0.05, 0) is 12.1 Å². The molecule has 0 amide bonds. The van der Waals surface area contributed by atoms with Gasteiger partial charge in [-0.1, -0.05) is 36.4 Å². The third-order valence-electron chi connectivity index (χ3n) is 3.26. The van der Waals surface area contributed by atoms with Gasteiger partial charge in [-0.3, -0.25) is 4.21 Å². The van der Waals surface area contributed by atoms with E-state index < -0.39 is 21.3 Å².